The Kier molecular flexibility index (Phi) is 7.87. The van der Waals surface area contributed by atoms with Crippen molar-refractivity contribution in [2.75, 3.05) is 0 Å². The molecule has 0 fully saturated rings. The minimum absolute atomic E-state index is 0.354. The SMILES string of the molecule is c1ccc(C2=NC(c3ccc(-n4c5ccccc5c5ccccc54)c4oc5c(-n6c7ccccc7c7cc(-c8ccccc8)ccc76)cccc5c34)=NC(c3ccccc3)N2)cc1. The van der Waals surface area contributed by atoms with Crippen molar-refractivity contribution in [3.05, 3.63) is 229 Å². The topological polar surface area (TPSA) is 59.8 Å². The second-order valence-corrected chi connectivity index (χ2v) is 16.1. The number of aromatic nitrogens is 2. The van der Waals surface area contributed by atoms with E-state index in [1.807, 2.05) is 24.3 Å². The van der Waals surface area contributed by atoms with Crippen LogP contribution in [0, 0.1) is 0 Å². The number of nitrogens with zero attached hydrogens (tertiary/aromatic N) is 4. The van der Waals surface area contributed by atoms with Gasteiger partial charge in [0.05, 0.1) is 33.4 Å². The average Bonchev–Trinajstić information content (AvgIpc) is 4.03. The molecule has 0 aliphatic carbocycles. The molecule has 1 N–H and O–H groups in total. The number of rotatable bonds is 6. The lowest BCUT2D eigenvalue weighted by Gasteiger charge is -2.24. The molecular formula is C57H37N5O. The smallest absolute Gasteiger partial charge is 0.160 e. The van der Waals surface area contributed by atoms with Crippen LogP contribution in [0.2, 0.25) is 0 Å². The number of fused-ring (bicyclic) bond motifs is 9. The number of amidine groups is 2. The van der Waals surface area contributed by atoms with E-state index in [1.54, 1.807) is 0 Å². The van der Waals surface area contributed by atoms with E-state index in [2.05, 4.69) is 203 Å². The van der Waals surface area contributed by atoms with Crippen molar-refractivity contribution in [1.29, 1.82) is 0 Å². The summed E-state index contributed by atoms with van der Waals surface area (Å²) in [6.45, 7) is 0. The Morgan fingerprint density at radius 1 is 0.413 bits per heavy atom. The van der Waals surface area contributed by atoms with Gasteiger partial charge in [-0.2, -0.15) is 0 Å². The van der Waals surface area contributed by atoms with Gasteiger partial charge >= 0.3 is 0 Å². The first-order valence-corrected chi connectivity index (χ1v) is 21.4. The Morgan fingerprint density at radius 2 is 0.952 bits per heavy atom. The standard InChI is InChI=1S/C57H37N5O/c1-4-17-36(18-5-1)39-31-33-49-45(35-39)42-25-12-15-29-48(42)62(49)50-30-16-26-43-52-44(57-59-55(37-19-6-2-7-20-37)58-56(60-57)38-21-8-3-9-22-38)32-34-51(54(52)63-53(43)50)61-46-27-13-10-23-40(46)41-24-11-14-28-47(41)61/h1-35,55H,(H,58,59,60). The molecule has 1 aliphatic rings. The lowest BCUT2D eigenvalue weighted by molar-refractivity contribution is 0.663. The molecular weight excluding hydrogens is 771 g/mol. The van der Waals surface area contributed by atoms with E-state index >= 15 is 0 Å². The van der Waals surface area contributed by atoms with Gasteiger partial charge in [-0.25, -0.2) is 9.98 Å². The molecule has 0 saturated carbocycles. The van der Waals surface area contributed by atoms with Crippen LogP contribution in [-0.4, -0.2) is 20.8 Å². The summed E-state index contributed by atoms with van der Waals surface area (Å²) in [4.78, 5) is 10.7. The van der Waals surface area contributed by atoms with Crippen molar-refractivity contribution in [3.8, 4) is 22.5 Å². The second kappa shape index (κ2) is 14.0. The third-order valence-electron chi connectivity index (χ3n) is 12.6. The van der Waals surface area contributed by atoms with E-state index < -0.39 is 0 Å². The Labute approximate surface area is 362 Å². The Bertz CT molecular complexity index is 3770. The minimum Gasteiger partial charge on any atom is -0.452 e. The number of hydrogen-bond donors (Lipinski definition) is 1. The summed E-state index contributed by atoms with van der Waals surface area (Å²) < 4.78 is 12.2. The highest BCUT2D eigenvalue weighted by molar-refractivity contribution is 6.24. The van der Waals surface area contributed by atoms with Gasteiger partial charge < -0.3 is 18.9 Å². The maximum absolute atomic E-state index is 7.44. The van der Waals surface area contributed by atoms with Crippen molar-refractivity contribution in [2.24, 2.45) is 9.98 Å². The van der Waals surface area contributed by atoms with Crippen LogP contribution >= 0.6 is 0 Å². The van der Waals surface area contributed by atoms with Crippen LogP contribution in [0.5, 0.6) is 0 Å². The first-order valence-electron chi connectivity index (χ1n) is 21.4. The average molecular weight is 808 g/mol. The van der Waals surface area contributed by atoms with Gasteiger partial charge in [0.1, 0.15) is 12.0 Å². The van der Waals surface area contributed by atoms with Crippen LogP contribution in [-0.2, 0) is 0 Å². The molecule has 6 nitrogen and oxygen atoms in total. The maximum atomic E-state index is 7.44. The fourth-order valence-electron chi connectivity index (χ4n) is 9.75. The third kappa shape index (κ3) is 5.51. The molecule has 296 valence electrons. The second-order valence-electron chi connectivity index (χ2n) is 16.1. The highest BCUT2D eigenvalue weighted by Crippen LogP contribution is 2.44. The first-order chi connectivity index (χ1) is 31.3. The van der Waals surface area contributed by atoms with E-state index in [0.717, 1.165) is 77.9 Å². The largest absolute Gasteiger partial charge is 0.452 e. The van der Waals surface area contributed by atoms with Crippen molar-refractivity contribution in [3.63, 3.8) is 0 Å². The highest BCUT2D eigenvalue weighted by atomic mass is 16.3. The van der Waals surface area contributed by atoms with E-state index in [1.165, 1.54) is 32.7 Å². The predicted molar refractivity (Wildman–Crippen MR) is 260 cm³/mol. The number of benzene rings is 9. The molecule has 6 heteroatoms. The molecule has 1 aliphatic heterocycles. The zero-order valence-corrected chi connectivity index (χ0v) is 34.0. The maximum Gasteiger partial charge on any atom is 0.160 e. The molecule has 63 heavy (non-hydrogen) atoms. The molecule has 0 amide bonds. The van der Waals surface area contributed by atoms with Gasteiger partial charge in [0.2, 0.25) is 0 Å². The summed E-state index contributed by atoms with van der Waals surface area (Å²) in [7, 11) is 0. The van der Waals surface area contributed by atoms with Crippen LogP contribution in [0.25, 0.3) is 88.1 Å². The first kappa shape index (κ1) is 35.3. The number of para-hydroxylation sites is 4. The van der Waals surface area contributed by atoms with Crippen molar-refractivity contribution in [1.82, 2.24) is 14.5 Å². The van der Waals surface area contributed by atoms with E-state index in [4.69, 9.17) is 14.4 Å². The molecule has 0 radical (unpaired) electrons. The molecule has 3 aromatic heterocycles. The van der Waals surface area contributed by atoms with Crippen LogP contribution < -0.4 is 5.32 Å². The molecule has 4 heterocycles. The van der Waals surface area contributed by atoms with Crippen LogP contribution in [0.3, 0.4) is 0 Å². The van der Waals surface area contributed by atoms with Crippen molar-refractivity contribution in [2.45, 2.75) is 6.17 Å². The van der Waals surface area contributed by atoms with Gasteiger partial charge in [0.25, 0.3) is 0 Å². The van der Waals surface area contributed by atoms with E-state index in [-0.39, 0.29) is 6.17 Å². The summed E-state index contributed by atoms with van der Waals surface area (Å²) in [5.41, 5.74) is 13.2. The molecule has 1 atom stereocenters. The fraction of sp³-hybridized carbons (Fsp3) is 0.0175. The number of hydrogen-bond acceptors (Lipinski definition) is 4. The molecule has 0 spiro atoms. The summed E-state index contributed by atoms with van der Waals surface area (Å²) in [5, 5.41) is 10.3. The fourth-order valence-corrected chi connectivity index (χ4v) is 9.75. The van der Waals surface area contributed by atoms with Crippen molar-refractivity contribution < 1.29 is 4.42 Å². The summed E-state index contributed by atoms with van der Waals surface area (Å²) in [6, 6.07) is 74.9. The zero-order valence-electron chi connectivity index (χ0n) is 34.0. The molecule has 12 aromatic rings. The molecule has 0 saturated heterocycles. The van der Waals surface area contributed by atoms with Gasteiger partial charge in [0, 0.05) is 43.4 Å². The van der Waals surface area contributed by atoms with Crippen LogP contribution in [0.4, 0.5) is 0 Å². The van der Waals surface area contributed by atoms with E-state index in [9.17, 15) is 0 Å². The lowest BCUT2D eigenvalue weighted by Crippen LogP contribution is -2.33. The molecule has 9 aromatic carbocycles. The molecule has 1 unspecified atom stereocenters. The van der Waals surface area contributed by atoms with Gasteiger partial charge in [-0.3, -0.25) is 0 Å². The summed E-state index contributed by atoms with van der Waals surface area (Å²) in [6.07, 6.45) is -0.354. The Hall–Kier alpha value is -8.48. The van der Waals surface area contributed by atoms with Crippen molar-refractivity contribution >= 4 is 77.2 Å². The van der Waals surface area contributed by atoms with Gasteiger partial charge in [-0.05, 0) is 65.2 Å². The van der Waals surface area contributed by atoms with Gasteiger partial charge in [0.15, 0.2) is 17.0 Å². The normalized spacial score (nSPS) is 14.2. The predicted octanol–water partition coefficient (Wildman–Crippen LogP) is 13.9. The highest BCUT2D eigenvalue weighted by Gasteiger charge is 2.27. The third-order valence-corrected chi connectivity index (χ3v) is 12.6. The quantitative estimate of drug-likeness (QED) is 0.182. The monoisotopic (exact) mass is 807 g/mol. The Morgan fingerprint density at radius 3 is 1.62 bits per heavy atom. The van der Waals surface area contributed by atoms with Gasteiger partial charge in [-0.15, -0.1) is 0 Å². The lowest BCUT2D eigenvalue weighted by atomic mass is 10.0. The Balaban J connectivity index is 1.12. The van der Waals surface area contributed by atoms with Crippen LogP contribution in [0.1, 0.15) is 22.9 Å². The number of aliphatic imine (C=N–C) groups is 2. The van der Waals surface area contributed by atoms with E-state index in [0.29, 0.717) is 5.84 Å². The zero-order chi connectivity index (χ0) is 41.4. The van der Waals surface area contributed by atoms with Gasteiger partial charge in [-0.1, -0.05) is 164 Å². The molecule has 0 bridgehead atoms. The number of nitrogens with one attached hydrogen (secondary N) is 1. The number of furan rings is 1. The molecule has 13 rings (SSSR count). The van der Waals surface area contributed by atoms with Crippen LogP contribution in [0.15, 0.2) is 227 Å². The minimum atomic E-state index is -0.354. The summed E-state index contributed by atoms with van der Waals surface area (Å²) in [5.74, 6) is 1.40. The summed E-state index contributed by atoms with van der Waals surface area (Å²) >= 11 is 0.